The third-order valence-corrected chi connectivity index (χ3v) is 6.73. The molecular weight excluding hydrogens is 346 g/mol. The van der Waals surface area contributed by atoms with Crippen molar-refractivity contribution in [3.05, 3.63) is 29.6 Å². The molecule has 1 saturated carbocycles. The highest BCUT2D eigenvalue weighted by Crippen LogP contribution is 2.30. The molecule has 0 aliphatic heterocycles. The fourth-order valence-corrected chi connectivity index (χ4v) is 3.97. The molecule has 1 amide bonds. The molecule has 1 aliphatic rings. The topological polar surface area (TPSA) is 79.4 Å². The van der Waals surface area contributed by atoms with Crippen LogP contribution in [0.3, 0.4) is 0 Å². The lowest BCUT2D eigenvalue weighted by Crippen LogP contribution is -2.27. The minimum atomic E-state index is -3.43. The summed E-state index contributed by atoms with van der Waals surface area (Å²) in [7, 11) is -0.433. The van der Waals surface area contributed by atoms with Crippen molar-refractivity contribution in [1.29, 1.82) is 0 Å². The van der Waals surface area contributed by atoms with Gasteiger partial charge in [0.25, 0.3) is 0 Å². The number of thiazole rings is 1. The third-order valence-electron chi connectivity index (χ3n) is 4.14. The molecule has 1 aromatic carbocycles. The van der Waals surface area contributed by atoms with E-state index in [0.717, 1.165) is 30.5 Å². The number of nitrogens with zero attached hydrogens (tertiary/aromatic N) is 2. The zero-order valence-corrected chi connectivity index (χ0v) is 15.2. The summed E-state index contributed by atoms with van der Waals surface area (Å²) in [6.45, 7) is 0. The van der Waals surface area contributed by atoms with Crippen LogP contribution in [0, 0.1) is 5.92 Å². The molecular formula is C16H19N3O3S2. The molecule has 6 nitrogen and oxygen atoms in total. The van der Waals surface area contributed by atoms with E-state index in [0.29, 0.717) is 5.13 Å². The van der Waals surface area contributed by atoms with E-state index in [2.05, 4.69) is 10.3 Å². The summed E-state index contributed by atoms with van der Waals surface area (Å²) < 4.78 is 25.3. The van der Waals surface area contributed by atoms with E-state index in [-0.39, 0.29) is 16.7 Å². The number of sulfonamides is 1. The number of aromatic nitrogens is 1. The number of hydrogen-bond acceptors (Lipinski definition) is 5. The maximum atomic E-state index is 12.1. The minimum Gasteiger partial charge on any atom is -0.302 e. The zero-order chi connectivity index (χ0) is 17.3. The van der Waals surface area contributed by atoms with Gasteiger partial charge in [0.15, 0.2) is 5.13 Å². The smallest absolute Gasteiger partial charge is 0.242 e. The summed E-state index contributed by atoms with van der Waals surface area (Å²) in [6.07, 6.45) is 3.02. The molecule has 1 fully saturated rings. The SMILES string of the molecule is CN(C)S(=O)(=O)c1ccc(-c2csc(NC(=O)C3CCC3)n2)cc1. The molecule has 1 N–H and O–H groups in total. The van der Waals surface area contributed by atoms with Gasteiger partial charge in [0.2, 0.25) is 15.9 Å². The van der Waals surface area contributed by atoms with Crippen molar-refractivity contribution in [2.45, 2.75) is 24.2 Å². The lowest BCUT2D eigenvalue weighted by Gasteiger charge is -2.23. The van der Waals surface area contributed by atoms with Crippen molar-refractivity contribution in [1.82, 2.24) is 9.29 Å². The van der Waals surface area contributed by atoms with Crippen molar-refractivity contribution in [3.63, 3.8) is 0 Å². The van der Waals surface area contributed by atoms with Gasteiger partial charge in [0.1, 0.15) is 0 Å². The van der Waals surface area contributed by atoms with E-state index in [1.165, 1.54) is 29.7 Å². The normalized spacial score (nSPS) is 15.3. The van der Waals surface area contributed by atoms with Gasteiger partial charge in [-0.1, -0.05) is 18.6 Å². The van der Waals surface area contributed by atoms with Crippen LogP contribution in [0.2, 0.25) is 0 Å². The molecule has 24 heavy (non-hydrogen) atoms. The first kappa shape index (κ1) is 17.1. The van der Waals surface area contributed by atoms with E-state index < -0.39 is 10.0 Å². The number of rotatable bonds is 5. The van der Waals surface area contributed by atoms with Crippen molar-refractivity contribution >= 4 is 32.4 Å². The number of nitrogens with one attached hydrogen (secondary N) is 1. The van der Waals surface area contributed by atoms with Gasteiger partial charge in [0.05, 0.1) is 10.6 Å². The molecule has 0 spiro atoms. The summed E-state index contributed by atoms with van der Waals surface area (Å²) >= 11 is 1.37. The quantitative estimate of drug-likeness (QED) is 0.884. The van der Waals surface area contributed by atoms with Crippen LogP contribution in [0.5, 0.6) is 0 Å². The lowest BCUT2D eigenvalue weighted by atomic mass is 9.85. The van der Waals surface area contributed by atoms with Crippen molar-refractivity contribution in [2.75, 3.05) is 19.4 Å². The van der Waals surface area contributed by atoms with E-state index in [1.54, 1.807) is 24.3 Å². The molecule has 1 aromatic heterocycles. The minimum absolute atomic E-state index is 0.0366. The second-order valence-corrected chi connectivity index (χ2v) is 8.98. The first-order valence-electron chi connectivity index (χ1n) is 7.67. The van der Waals surface area contributed by atoms with Gasteiger partial charge < -0.3 is 5.32 Å². The van der Waals surface area contributed by atoms with Gasteiger partial charge in [0, 0.05) is 31.0 Å². The van der Waals surface area contributed by atoms with Crippen molar-refractivity contribution in [3.8, 4) is 11.3 Å². The second-order valence-electron chi connectivity index (χ2n) is 5.97. The standard InChI is InChI=1S/C16H19N3O3S2/c1-19(2)24(21,22)13-8-6-11(7-9-13)14-10-23-16(17-14)18-15(20)12-4-3-5-12/h6-10,12H,3-5H2,1-2H3,(H,17,18,20). The number of carbonyl (C=O) groups is 1. The predicted octanol–water partition coefficient (Wildman–Crippen LogP) is 2.80. The van der Waals surface area contributed by atoms with Crippen LogP contribution >= 0.6 is 11.3 Å². The molecule has 2 aromatic rings. The number of anilines is 1. The van der Waals surface area contributed by atoms with Gasteiger partial charge in [-0.25, -0.2) is 17.7 Å². The largest absolute Gasteiger partial charge is 0.302 e. The van der Waals surface area contributed by atoms with Crippen LogP contribution in [0.15, 0.2) is 34.5 Å². The van der Waals surface area contributed by atoms with Crippen molar-refractivity contribution < 1.29 is 13.2 Å². The van der Waals surface area contributed by atoms with Crippen LogP contribution < -0.4 is 5.32 Å². The molecule has 0 bridgehead atoms. The number of carbonyl (C=O) groups excluding carboxylic acids is 1. The molecule has 0 atom stereocenters. The Bertz CT molecular complexity index is 838. The molecule has 0 saturated heterocycles. The van der Waals surface area contributed by atoms with E-state index in [9.17, 15) is 13.2 Å². The summed E-state index contributed by atoms with van der Waals surface area (Å²) in [5.74, 6) is 0.155. The van der Waals surface area contributed by atoms with Gasteiger partial charge in [-0.3, -0.25) is 4.79 Å². The Kier molecular flexibility index (Phi) is 4.71. The van der Waals surface area contributed by atoms with Crippen LogP contribution in [-0.4, -0.2) is 37.7 Å². The summed E-state index contributed by atoms with van der Waals surface area (Å²) in [6, 6.07) is 6.58. The molecule has 0 unspecified atom stereocenters. The van der Waals surface area contributed by atoms with E-state index in [4.69, 9.17) is 0 Å². The highest BCUT2D eigenvalue weighted by molar-refractivity contribution is 7.89. The predicted molar refractivity (Wildman–Crippen MR) is 94.4 cm³/mol. The Morgan fingerprint density at radius 2 is 1.92 bits per heavy atom. The van der Waals surface area contributed by atoms with Gasteiger partial charge >= 0.3 is 0 Å². The average Bonchev–Trinajstić information content (AvgIpc) is 2.93. The molecule has 8 heteroatoms. The Balaban J connectivity index is 1.74. The number of hydrogen-bond donors (Lipinski definition) is 1. The van der Waals surface area contributed by atoms with Gasteiger partial charge in [-0.15, -0.1) is 11.3 Å². The van der Waals surface area contributed by atoms with Crippen LogP contribution in [0.4, 0.5) is 5.13 Å². The molecule has 0 radical (unpaired) electrons. The van der Waals surface area contributed by atoms with Crippen molar-refractivity contribution in [2.24, 2.45) is 5.92 Å². The Morgan fingerprint density at radius 3 is 2.46 bits per heavy atom. The Hall–Kier alpha value is -1.77. The highest BCUT2D eigenvalue weighted by Gasteiger charge is 2.25. The van der Waals surface area contributed by atoms with Crippen LogP contribution in [0.25, 0.3) is 11.3 Å². The summed E-state index contributed by atoms with van der Waals surface area (Å²) in [4.78, 5) is 16.6. The van der Waals surface area contributed by atoms with Gasteiger partial charge in [-0.2, -0.15) is 0 Å². The highest BCUT2D eigenvalue weighted by atomic mass is 32.2. The van der Waals surface area contributed by atoms with E-state index in [1.807, 2.05) is 5.38 Å². The number of amides is 1. The maximum Gasteiger partial charge on any atom is 0.242 e. The first-order chi connectivity index (χ1) is 11.4. The third kappa shape index (κ3) is 3.35. The second kappa shape index (κ2) is 6.62. The molecule has 1 aliphatic carbocycles. The van der Waals surface area contributed by atoms with Crippen LogP contribution in [0.1, 0.15) is 19.3 Å². The average molecular weight is 365 g/mol. The summed E-state index contributed by atoms with van der Waals surface area (Å²) in [5, 5.41) is 5.28. The molecule has 1 heterocycles. The monoisotopic (exact) mass is 365 g/mol. The Labute approximate surface area is 145 Å². The zero-order valence-electron chi connectivity index (χ0n) is 13.5. The van der Waals surface area contributed by atoms with Crippen LogP contribution in [-0.2, 0) is 14.8 Å². The van der Waals surface area contributed by atoms with E-state index >= 15 is 0 Å². The summed E-state index contributed by atoms with van der Waals surface area (Å²) in [5.41, 5.74) is 1.53. The number of benzene rings is 1. The maximum absolute atomic E-state index is 12.1. The molecule has 128 valence electrons. The molecule has 3 rings (SSSR count). The Morgan fingerprint density at radius 1 is 1.25 bits per heavy atom. The fourth-order valence-electron chi connectivity index (χ4n) is 2.35. The lowest BCUT2D eigenvalue weighted by molar-refractivity contribution is -0.122. The van der Waals surface area contributed by atoms with Gasteiger partial charge in [-0.05, 0) is 25.0 Å². The first-order valence-corrected chi connectivity index (χ1v) is 9.99. The fraction of sp³-hybridized carbons (Fsp3) is 0.375.